The summed E-state index contributed by atoms with van der Waals surface area (Å²) in [6.07, 6.45) is 2.27. The Morgan fingerprint density at radius 3 is 2.58 bits per heavy atom. The summed E-state index contributed by atoms with van der Waals surface area (Å²) in [6.45, 7) is 5.22. The van der Waals surface area contributed by atoms with Gasteiger partial charge in [0.1, 0.15) is 0 Å². The first-order chi connectivity index (χ1) is 9.17. The second-order valence-electron chi connectivity index (χ2n) is 4.38. The monoisotopic (exact) mass is 283 g/mol. The molecule has 1 rings (SSSR count). The molecule has 0 aliphatic rings. The topological polar surface area (TPSA) is 38.3 Å². The lowest BCUT2D eigenvalue weighted by atomic mass is 10.0. The molecule has 3 nitrogen and oxygen atoms in total. The van der Waals surface area contributed by atoms with Crippen molar-refractivity contribution in [3.05, 3.63) is 34.9 Å². The van der Waals surface area contributed by atoms with Crippen LogP contribution in [0.3, 0.4) is 0 Å². The van der Waals surface area contributed by atoms with Crippen LogP contribution in [0, 0.1) is 0 Å². The van der Waals surface area contributed by atoms with Gasteiger partial charge in [-0.2, -0.15) is 0 Å². The molecule has 0 aliphatic heterocycles. The minimum absolute atomic E-state index is 0.121. The van der Waals surface area contributed by atoms with Gasteiger partial charge in [0.05, 0.1) is 6.61 Å². The minimum atomic E-state index is -0.121. The summed E-state index contributed by atoms with van der Waals surface area (Å²) in [5.41, 5.74) is 1.23. The fourth-order valence-electron chi connectivity index (χ4n) is 1.94. The summed E-state index contributed by atoms with van der Waals surface area (Å²) in [7, 11) is 0. The molecule has 0 heterocycles. The van der Waals surface area contributed by atoms with E-state index >= 15 is 0 Å². The number of hydrogen-bond acceptors (Lipinski definition) is 3. The number of hydrogen-bond donors (Lipinski definition) is 1. The highest BCUT2D eigenvalue weighted by molar-refractivity contribution is 6.30. The zero-order valence-electron chi connectivity index (χ0n) is 11.6. The Balaban J connectivity index is 2.33. The maximum absolute atomic E-state index is 11.2. The van der Waals surface area contributed by atoms with Gasteiger partial charge in [0.2, 0.25) is 0 Å². The number of carbonyl (C=O) groups excluding carboxylic acids is 1. The van der Waals surface area contributed by atoms with E-state index in [-0.39, 0.29) is 5.97 Å². The molecule has 0 aromatic heterocycles. The van der Waals surface area contributed by atoms with Crippen molar-refractivity contribution in [1.29, 1.82) is 0 Å². The van der Waals surface area contributed by atoms with E-state index in [1.807, 2.05) is 31.2 Å². The van der Waals surface area contributed by atoms with Crippen LogP contribution in [0.1, 0.15) is 44.7 Å². The van der Waals surface area contributed by atoms with Gasteiger partial charge in [-0.25, -0.2) is 0 Å². The van der Waals surface area contributed by atoms with E-state index in [0.717, 1.165) is 24.4 Å². The third kappa shape index (κ3) is 6.08. The molecule has 1 N–H and O–H groups in total. The van der Waals surface area contributed by atoms with Gasteiger partial charge in [0.25, 0.3) is 0 Å². The fourth-order valence-corrected chi connectivity index (χ4v) is 2.06. The molecular weight excluding hydrogens is 262 g/mol. The highest BCUT2D eigenvalue weighted by Gasteiger charge is 2.08. The van der Waals surface area contributed by atoms with E-state index in [1.165, 1.54) is 5.56 Å². The maximum atomic E-state index is 11.2. The molecule has 0 bridgehead atoms. The molecule has 0 amide bonds. The number of carbonyl (C=O) groups is 1. The first-order valence-electron chi connectivity index (χ1n) is 6.81. The van der Waals surface area contributed by atoms with Crippen LogP contribution < -0.4 is 5.32 Å². The summed E-state index contributed by atoms with van der Waals surface area (Å²) in [6, 6.07) is 8.18. The number of benzene rings is 1. The molecule has 0 saturated carbocycles. The van der Waals surface area contributed by atoms with Crippen LogP contribution in [0.2, 0.25) is 5.02 Å². The predicted octanol–water partition coefficient (Wildman–Crippen LogP) is 3.72. The van der Waals surface area contributed by atoms with Crippen LogP contribution in [0.25, 0.3) is 0 Å². The lowest BCUT2D eigenvalue weighted by Gasteiger charge is -2.17. The van der Waals surface area contributed by atoms with Crippen molar-refractivity contribution in [2.75, 3.05) is 13.2 Å². The number of rotatable bonds is 8. The van der Waals surface area contributed by atoms with Crippen molar-refractivity contribution in [2.24, 2.45) is 0 Å². The lowest BCUT2D eigenvalue weighted by molar-refractivity contribution is -0.143. The second-order valence-corrected chi connectivity index (χ2v) is 4.81. The van der Waals surface area contributed by atoms with Crippen LogP contribution in [0.4, 0.5) is 0 Å². The summed E-state index contributed by atoms with van der Waals surface area (Å²) in [5.74, 6) is -0.121. The van der Waals surface area contributed by atoms with Gasteiger partial charge in [-0.3, -0.25) is 4.79 Å². The van der Waals surface area contributed by atoms with E-state index in [1.54, 1.807) is 0 Å². The van der Waals surface area contributed by atoms with Crippen LogP contribution in [-0.2, 0) is 9.53 Å². The van der Waals surface area contributed by atoms with Crippen molar-refractivity contribution in [3.63, 3.8) is 0 Å². The molecule has 0 spiro atoms. The lowest BCUT2D eigenvalue weighted by Crippen LogP contribution is -2.22. The van der Waals surface area contributed by atoms with Crippen LogP contribution >= 0.6 is 11.6 Å². The molecule has 1 aromatic carbocycles. The summed E-state index contributed by atoms with van der Waals surface area (Å²) < 4.78 is 4.89. The van der Waals surface area contributed by atoms with Crippen molar-refractivity contribution in [3.8, 4) is 0 Å². The van der Waals surface area contributed by atoms with Crippen LogP contribution in [-0.4, -0.2) is 19.1 Å². The second kappa shape index (κ2) is 8.94. The highest BCUT2D eigenvalue weighted by Crippen LogP contribution is 2.19. The molecule has 1 aromatic rings. The standard InChI is InChI=1S/C15H22ClNO2/c1-3-14(12-7-9-13(16)10-8-12)17-11-5-6-15(18)19-4-2/h7-10,14,17H,3-6,11H2,1-2H3. The van der Waals surface area contributed by atoms with E-state index in [4.69, 9.17) is 16.3 Å². The largest absolute Gasteiger partial charge is 0.466 e. The first-order valence-corrected chi connectivity index (χ1v) is 7.19. The predicted molar refractivity (Wildman–Crippen MR) is 78.4 cm³/mol. The van der Waals surface area contributed by atoms with E-state index in [0.29, 0.717) is 19.1 Å². The van der Waals surface area contributed by atoms with Gasteiger partial charge < -0.3 is 10.1 Å². The molecule has 4 heteroatoms. The Bertz CT molecular complexity index is 378. The van der Waals surface area contributed by atoms with Crippen LogP contribution in [0.5, 0.6) is 0 Å². The van der Waals surface area contributed by atoms with Gasteiger partial charge >= 0.3 is 5.97 Å². The van der Waals surface area contributed by atoms with E-state index in [9.17, 15) is 4.79 Å². The highest BCUT2D eigenvalue weighted by atomic mass is 35.5. The molecule has 0 radical (unpaired) electrons. The Kier molecular flexibility index (Phi) is 7.53. The van der Waals surface area contributed by atoms with Gasteiger partial charge in [0, 0.05) is 17.5 Å². The van der Waals surface area contributed by atoms with Gasteiger partial charge in [-0.05, 0) is 44.0 Å². The number of esters is 1. The number of nitrogens with one attached hydrogen (secondary N) is 1. The van der Waals surface area contributed by atoms with Gasteiger partial charge in [0.15, 0.2) is 0 Å². The van der Waals surface area contributed by atoms with Crippen molar-refractivity contribution >= 4 is 17.6 Å². The SMILES string of the molecule is CCOC(=O)CCCNC(CC)c1ccc(Cl)cc1. The third-order valence-electron chi connectivity index (χ3n) is 2.93. The zero-order valence-corrected chi connectivity index (χ0v) is 12.4. The normalized spacial score (nSPS) is 12.2. The Labute approximate surface area is 120 Å². The zero-order chi connectivity index (χ0) is 14.1. The smallest absolute Gasteiger partial charge is 0.305 e. The van der Waals surface area contributed by atoms with Crippen molar-refractivity contribution < 1.29 is 9.53 Å². The van der Waals surface area contributed by atoms with E-state index < -0.39 is 0 Å². The van der Waals surface area contributed by atoms with Crippen LogP contribution in [0.15, 0.2) is 24.3 Å². The third-order valence-corrected chi connectivity index (χ3v) is 3.19. The average Bonchev–Trinajstić information content (AvgIpc) is 2.41. The molecule has 106 valence electrons. The minimum Gasteiger partial charge on any atom is -0.466 e. The molecule has 0 saturated heterocycles. The number of halogens is 1. The van der Waals surface area contributed by atoms with Gasteiger partial charge in [-0.1, -0.05) is 30.7 Å². The Hall–Kier alpha value is -1.06. The maximum Gasteiger partial charge on any atom is 0.305 e. The van der Waals surface area contributed by atoms with Crippen molar-refractivity contribution in [1.82, 2.24) is 5.32 Å². The molecule has 0 aliphatic carbocycles. The molecule has 1 unspecified atom stereocenters. The fraction of sp³-hybridized carbons (Fsp3) is 0.533. The Morgan fingerprint density at radius 1 is 1.32 bits per heavy atom. The Morgan fingerprint density at radius 2 is 2.00 bits per heavy atom. The first kappa shape index (κ1) is 16.0. The number of ether oxygens (including phenoxy) is 1. The van der Waals surface area contributed by atoms with E-state index in [2.05, 4.69) is 12.2 Å². The molecule has 0 fully saturated rings. The average molecular weight is 284 g/mol. The summed E-state index contributed by atoms with van der Waals surface area (Å²) >= 11 is 5.88. The molecule has 1 atom stereocenters. The quantitative estimate of drug-likeness (QED) is 0.584. The summed E-state index contributed by atoms with van der Waals surface area (Å²) in [5, 5.41) is 4.20. The van der Waals surface area contributed by atoms with Gasteiger partial charge in [-0.15, -0.1) is 0 Å². The molecular formula is C15H22ClNO2. The molecule has 19 heavy (non-hydrogen) atoms. The summed E-state index contributed by atoms with van der Waals surface area (Å²) in [4.78, 5) is 11.2. The van der Waals surface area contributed by atoms with Crippen molar-refractivity contribution in [2.45, 2.75) is 39.2 Å².